The van der Waals surface area contributed by atoms with E-state index < -0.39 is 12.1 Å². The van der Waals surface area contributed by atoms with Crippen molar-refractivity contribution in [2.75, 3.05) is 56.2 Å². The SMILES string of the molecule is Cc1ccc2c(cnn2C2CCCCO2)c1N1CCc2c(nc(OC3(C4CCCN4C)CC3)nc2N2CCN(C(=O)O)[C@@H](CC#N)C2)C1. The smallest absolute Gasteiger partial charge is 0.407 e. The van der Waals surface area contributed by atoms with E-state index >= 15 is 0 Å². The highest BCUT2D eigenvalue weighted by Crippen LogP contribution is 2.48. The fourth-order valence-electron chi connectivity index (χ4n) is 8.63. The summed E-state index contributed by atoms with van der Waals surface area (Å²) in [5.41, 5.74) is 5.18. The number of benzene rings is 1. The van der Waals surface area contributed by atoms with Gasteiger partial charge in [0.05, 0.1) is 48.2 Å². The number of likely N-dealkylation sites (N-methyl/N-ethyl adjacent to an activating group) is 1. The maximum Gasteiger partial charge on any atom is 0.407 e. The highest BCUT2D eigenvalue weighted by molar-refractivity contribution is 5.94. The first kappa shape index (κ1) is 31.1. The lowest BCUT2D eigenvalue weighted by atomic mass is 10.0. The number of aromatic nitrogens is 4. The highest BCUT2D eigenvalue weighted by Gasteiger charge is 2.55. The molecule has 1 amide bonds. The lowest BCUT2D eigenvalue weighted by Gasteiger charge is -2.41. The van der Waals surface area contributed by atoms with Crippen molar-refractivity contribution >= 4 is 28.5 Å². The molecule has 254 valence electrons. The van der Waals surface area contributed by atoms with Gasteiger partial charge < -0.3 is 29.3 Å². The third-order valence-corrected chi connectivity index (χ3v) is 11.2. The number of carboxylic acid groups (broad SMARTS) is 1. The minimum absolute atomic E-state index is 0.0380. The number of rotatable bonds is 7. The number of amides is 1. The van der Waals surface area contributed by atoms with Crippen LogP contribution in [0.2, 0.25) is 0 Å². The van der Waals surface area contributed by atoms with E-state index in [-0.39, 0.29) is 18.2 Å². The maximum atomic E-state index is 12.0. The molecule has 3 saturated heterocycles. The van der Waals surface area contributed by atoms with Gasteiger partial charge in [0, 0.05) is 49.8 Å². The van der Waals surface area contributed by atoms with Gasteiger partial charge in [0.1, 0.15) is 11.4 Å². The lowest BCUT2D eigenvalue weighted by molar-refractivity contribution is -0.0366. The molecule has 4 aliphatic heterocycles. The van der Waals surface area contributed by atoms with Crippen LogP contribution in [0.3, 0.4) is 0 Å². The predicted molar refractivity (Wildman–Crippen MR) is 179 cm³/mol. The Morgan fingerprint density at radius 3 is 2.73 bits per heavy atom. The van der Waals surface area contributed by atoms with Crippen LogP contribution in [0.25, 0.3) is 10.9 Å². The van der Waals surface area contributed by atoms with Crippen LogP contribution in [0.15, 0.2) is 18.3 Å². The zero-order valence-electron chi connectivity index (χ0n) is 28.0. The normalized spacial score (nSPS) is 25.6. The zero-order chi connectivity index (χ0) is 33.0. The van der Waals surface area contributed by atoms with Crippen LogP contribution in [-0.4, -0.2) is 105 Å². The van der Waals surface area contributed by atoms with Crippen molar-refractivity contribution in [3.63, 3.8) is 0 Å². The molecule has 13 nitrogen and oxygen atoms in total. The number of likely N-dealkylation sites (tertiary alicyclic amines) is 1. The Balaban J connectivity index is 1.15. The Morgan fingerprint density at radius 2 is 2.00 bits per heavy atom. The zero-order valence-corrected chi connectivity index (χ0v) is 28.0. The third kappa shape index (κ3) is 5.48. The molecule has 8 rings (SSSR count). The second kappa shape index (κ2) is 12.4. The Kier molecular flexibility index (Phi) is 8.03. The quantitative estimate of drug-likeness (QED) is 0.386. The van der Waals surface area contributed by atoms with Crippen LogP contribution < -0.4 is 14.5 Å². The molecule has 1 aliphatic carbocycles. The van der Waals surface area contributed by atoms with Crippen molar-refractivity contribution in [1.29, 1.82) is 5.26 Å². The van der Waals surface area contributed by atoms with Gasteiger partial charge in [-0.15, -0.1) is 0 Å². The van der Waals surface area contributed by atoms with Crippen LogP contribution in [-0.2, 0) is 17.7 Å². The van der Waals surface area contributed by atoms with Gasteiger partial charge in [0.15, 0.2) is 6.23 Å². The Labute approximate surface area is 281 Å². The Bertz CT molecular complexity index is 1740. The molecular formula is C35H45N9O4. The van der Waals surface area contributed by atoms with Crippen LogP contribution in [0.4, 0.5) is 16.3 Å². The molecule has 2 aromatic heterocycles. The average Bonchev–Trinajstić information content (AvgIpc) is 3.50. The highest BCUT2D eigenvalue weighted by atomic mass is 16.5. The molecule has 3 atom stereocenters. The molecule has 13 heteroatoms. The standard InChI is InChI=1S/C35H45N9O4/c1-23-8-9-28-26(20-37-44(28)30-7-3-4-19-47-30)31(23)41-16-11-25-27(22-41)38-33(48-35(12-13-35)29-6-5-15-40(29)2)39-32(25)42-17-18-43(34(45)46)24(21-42)10-14-36/h8-9,20,24,29-30H,3-7,10-13,15-19,21-22H2,1-2H3,(H,45,46)/t24-,29?,30?/m0/s1. The Morgan fingerprint density at radius 1 is 1.12 bits per heavy atom. The molecule has 3 aromatic rings. The van der Waals surface area contributed by atoms with E-state index in [1.807, 2.05) is 10.9 Å². The summed E-state index contributed by atoms with van der Waals surface area (Å²) in [7, 11) is 2.18. The number of nitriles is 1. The molecule has 0 radical (unpaired) electrons. The van der Waals surface area contributed by atoms with Crippen molar-refractivity contribution in [1.82, 2.24) is 29.5 Å². The van der Waals surface area contributed by atoms with Crippen LogP contribution in [0.5, 0.6) is 6.01 Å². The molecule has 0 spiro atoms. The molecule has 48 heavy (non-hydrogen) atoms. The number of aryl methyl sites for hydroxylation is 1. The first-order chi connectivity index (χ1) is 23.3. The average molecular weight is 656 g/mol. The second-order valence-corrected chi connectivity index (χ2v) is 14.2. The molecule has 4 fully saturated rings. The number of fused-ring (bicyclic) bond motifs is 2. The molecular weight excluding hydrogens is 610 g/mol. The van der Waals surface area contributed by atoms with E-state index in [1.54, 1.807) is 0 Å². The van der Waals surface area contributed by atoms with Gasteiger partial charge in [-0.3, -0.25) is 4.90 Å². The van der Waals surface area contributed by atoms with Gasteiger partial charge in [-0.2, -0.15) is 20.3 Å². The first-order valence-electron chi connectivity index (χ1n) is 17.6. The maximum absolute atomic E-state index is 12.0. The molecule has 5 aliphatic rings. The number of piperazine rings is 1. The summed E-state index contributed by atoms with van der Waals surface area (Å²) < 4.78 is 15.0. The first-order valence-corrected chi connectivity index (χ1v) is 17.6. The summed E-state index contributed by atoms with van der Waals surface area (Å²) in [6.07, 6.45) is 9.27. The van der Waals surface area contributed by atoms with Crippen LogP contribution in [0, 0.1) is 18.3 Å². The fraction of sp³-hybridized carbons (Fsp3) is 0.629. The molecule has 6 heterocycles. The van der Waals surface area contributed by atoms with E-state index in [1.165, 1.54) is 22.6 Å². The fourth-order valence-corrected chi connectivity index (χ4v) is 8.63. The minimum atomic E-state index is -0.987. The molecule has 2 unspecified atom stereocenters. The van der Waals surface area contributed by atoms with Gasteiger partial charge in [-0.1, -0.05) is 6.07 Å². The molecule has 1 aromatic carbocycles. The summed E-state index contributed by atoms with van der Waals surface area (Å²) >= 11 is 0. The van der Waals surface area contributed by atoms with Gasteiger partial charge in [-0.25, -0.2) is 9.48 Å². The van der Waals surface area contributed by atoms with Crippen molar-refractivity contribution < 1.29 is 19.4 Å². The number of hydrogen-bond acceptors (Lipinski definition) is 10. The number of carbonyl (C=O) groups is 1. The predicted octanol–water partition coefficient (Wildman–Crippen LogP) is 4.48. The number of ether oxygens (including phenoxy) is 2. The number of anilines is 2. The second-order valence-electron chi connectivity index (χ2n) is 14.2. The van der Waals surface area contributed by atoms with Gasteiger partial charge in [0.25, 0.3) is 0 Å². The summed E-state index contributed by atoms with van der Waals surface area (Å²) in [4.78, 5) is 30.6. The minimum Gasteiger partial charge on any atom is -0.465 e. The number of nitrogens with zero attached hydrogens (tertiary/aromatic N) is 9. The van der Waals surface area contributed by atoms with Crippen LogP contribution in [0.1, 0.15) is 74.4 Å². The van der Waals surface area contributed by atoms with E-state index in [0.717, 1.165) is 92.6 Å². The summed E-state index contributed by atoms with van der Waals surface area (Å²) in [6, 6.07) is 6.86. The third-order valence-electron chi connectivity index (χ3n) is 11.2. The van der Waals surface area contributed by atoms with Crippen molar-refractivity contribution in [3.8, 4) is 12.1 Å². The molecule has 1 saturated carbocycles. The summed E-state index contributed by atoms with van der Waals surface area (Å²) in [6.45, 7) is 6.59. The summed E-state index contributed by atoms with van der Waals surface area (Å²) in [5.74, 6) is 0.815. The van der Waals surface area contributed by atoms with Crippen molar-refractivity contribution in [2.24, 2.45) is 0 Å². The lowest BCUT2D eigenvalue weighted by Crippen LogP contribution is -2.55. The van der Waals surface area contributed by atoms with Gasteiger partial charge in [-0.05, 0) is 83.5 Å². The van der Waals surface area contributed by atoms with E-state index in [0.29, 0.717) is 38.2 Å². The van der Waals surface area contributed by atoms with E-state index in [9.17, 15) is 15.2 Å². The van der Waals surface area contributed by atoms with Crippen LogP contribution >= 0.6 is 0 Å². The van der Waals surface area contributed by atoms with Gasteiger partial charge >= 0.3 is 12.1 Å². The monoisotopic (exact) mass is 655 g/mol. The van der Waals surface area contributed by atoms with E-state index in [4.69, 9.17) is 24.5 Å². The summed E-state index contributed by atoms with van der Waals surface area (Å²) in [5, 5.41) is 25.3. The van der Waals surface area contributed by atoms with Crippen molar-refractivity contribution in [3.05, 3.63) is 35.2 Å². The number of hydrogen-bond donors (Lipinski definition) is 1. The van der Waals surface area contributed by atoms with Crippen molar-refractivity contribution in [2.45, 2.75) is 95.2 Å². The largest absolute Gasteiger partial charge is 0.465 e. The van der Waals surface area contributed by atoms with Gasteiger partial charge in [0.2, 0.25) is 0 Å². The Hall–Kier alpha value is -4.15. The topological polar surface area (TPSA) is 136 Å². The molecule has 0 bridgehead atoms. The van der Waals surface area contributed by atoms with E-state index in [2.05, 4.69) is 46.9 Å². The molecule has 1 N–H and O–H groups in total.